The first kappa shape index (κ1) is 20.2. The van der Waals surface area contributed by atoms with E-state index < -0.39 is 36.3 Å². The van der Waals surface area contributed by atoms with E-state index in [1.165, 1.54) is 4.57 Å². The van der Waals surface area contributed by atoms with Crippen molar-refractivity contribution in [1.29, 1.82) is 0 Å². The molecule has 0 saturated heterocycles. The second-order valence-corrected chi connectivity index (χ2v) is 12.7. The van der Waals surface area contributed by atoms with Crippen molar-refractivity contribution >= 4 is 53.3 Å². The molecule has 10 rings (SSSR count). The van der Waals surface area contributed by atoms with Gasteiger partial charge < -0.3 is 0 Å². The zero-order chi connectivity index (χ0) is 41.7. The van der Waals surface area contributed by atoms with Crippen molar-refractivity contribution < 1.29 is 13.7 Å². The van der Waals surface area contributed by atoms with E-state index in [4.69, 9.17) is 24.5 Å². The maximum atomic E-state index is 9.80. The van der Waals surface area contributed by atoms with E-state index in [0.717, 1.165) is 33.6 Å². The predicted octanol–water partition coefficient (Wildman–Crippen LogP) is 12.0. The average molecular weight is 667 g/mol. The normalized spacial score (nSPS) is 14.4. The van der Waals surface area contributed by atoms with E-state index in [-0.39, 0.29) is 83.7 Å². The zero-order valence-corrected chi connectivity index (χ0v) is 26.9. The molecule has 10 aromatic rings. The molecule has 0 amide bonds. The van der Waals surface area contributed by atoms with Crippen LogP contribution in [0.4, 0.5) is 0 Å². The molecule has 7 aromatic carbocycles. The third-order valence-corrected chi connectivity index (χ3v) is 9.76. The van der Waals surface area contributed by atoms with Crippen molar-refractivity contribution in [3.8, 4) is 51.0 Å². The van der Waals surface area contributed by atoms with Crippen LogP contribution in [-0.4, -0.2) is 19.5 Å². The van der Waals surface area contributed by atoms with Crippen molar-refractivity contribution in [3.63, 3.8) is 0 Å². The zero-order valence-electron chi connectivity index (χ0n) is 36.1. The lowest BCUT2D eigenvalue weighted by molar-refractivity contribution is 0.954. The molecule has 0 radical (unpaired) electrons. The number of benzene rings is 7. The molecule has 0 saturated carbocycles. The van der Waals surface area contributed by atoms with E-state index in [1.54, 1.807) is 0 Å². The van der Waals surface area contributed by atoms with E-state index in [1.807, 2.05) is 109 Å². The maximum Gasteiger partial charge on any atom is 0.238 e. The Morgan fingerprint density at radius 2 is 0.940 bits per heavy atom. The van der Waals surface area contributed by atoms with Crippen LogP contribution in [0.15, 0.2) is 170 Å². The Kier molecular flexibility index (Phi) is 4.69. The molecule has 0 unspecified atom stereocenters. The average Bonchev–Trinajstić information content (AvgIpc) is 3.88. The van der Waals surface area contributed by atoms with Gasteiger partial charge in [0.1, 0.15) is 0 Å². The van der Waals surface area contributed by atoms with Crippen LogP contribution in [0.2, 0.25) is 0 Å². The van der Waals surface area contributed by atoms with Gasteiger partial charge in [-0.25, -0.2) is 4.98 Å². The van der Waals surface area contributed by atoms with Gasteiger partial charge in [0, 0.05) is 42.1 Å². The summed E-state index contributed by atoms with van der Waals surface area (Å²) in [6.45, 7) is 0. The highest BCUT2D eigenvalue weighted by Gasteiger charge is 2.19. The Bertz CT molecular complexity index is 3310. The van der Waals surface area contributed by atoms with Gasteiger partial charge in [-0.2, -0.15) is 9.97 Å². The monoisotopic (exact) mass is 666 g/mol. The number of nitrogens with zero attached hydrogens (tertiary/aromatic N) is 4. The SMILES string of the molecule is [2H]c1c([2H])c([2H])c2c(sc3c([2H])c4c5c([2H])c([2H])c([2H])c([2H])c5n(-c5nc(-c6ccc(-c7ccccc7)cc6)nc(-c6ccc(-c7ccccc7)cc6)n5)c4c([2H])c32)c1[2H]. The first-order valence-corrected chi connectivity index (χ1v) is 16.7. The lowest BCUT2D eigenvalue weighted by Gasteiger charge is -2.12. The molecule has 50 heavy (non-hydrogen) atoms. The van der Waals surface area contributed by atoms with E-state index in [0.29, 0.717) is 11.1 Å². The fraction of sp³-hybridized carbons (Fsp3) is 0. The summed E-state index contributed by atoms with van der Waals surface area (Å²) in [6, 6.07) is 31.2. The minimum Gasteiger partial charge on any atom is -0.278 e. The fourth-order valence-electron chi connectivity index (χ4n) is 6.30. The summed E-state index contributed by atoms with van der Waals surface area (Å²) in [6.07, 6.45) is 0. The third-order valence-electron chi connectivity index (χ3n) is 8.74. The predicted molar refractivity (Wildman–Crippen MR) is 209 cm³/mol. The second-order valence-electron chi connectivity index (χ2n) is 11.7. The molecule has 0 aliphatic carbocycles. The number of fused-ring (bicyclic) bond motifs is 6. The Balaban J connectivity index is 1.32. The topological polar surface area (TPSA) is 43.6 Å². The molecule has 3 heterocycles. The summed E-state index contributed by atoms with van der Waals surface area (Å²) in [7, 11) is 0. The highest BCUT2D eigenvalue weighted by Crippen LogP contribution is 2.40. The van der Waals surface area contributed by atoms with Gasteiger partial charge >= 0.3 is 0 Å². The highest BCUT2D eigenvalue weighted by atomic mass is 32.1. The summed E-state index contributed by atoms with van der Waals surface area (Å²) < 4.78 is 91.1. The summed E-state index contributed by atoms with van der Waals surface area (Å²) in [4.78, 5) is 14.8. The van der Waals surface area contributed by atoms with Crippen LogP contribution in [-0.2, 0) is 0 Å². The largest absolute Gasteiger partial charge is 0.278 e. The van der Waals surface area contributed by atoms with Gasteiger partial charge in [0.15, 0.2) is 11.6 Å². The summed E-state index contributed by atoms with van der Waals surface area (Å²) >= 11 is 0.950. The number of rotatable bonds is 5. The first-order valence-electron chi connectivity index (χ1n) is 20.9. The van der Waals surface area contributed by atoms with Crippen LogP contribution >= 0.6 is 11.3 Å². The van der Waals surface area contributed by atoms with E-state index >= 15 is 0 Å². The third kappa shape index (κ3) is 4.79. The maximum absolute atomic E-state index is 9.80. The van der Waals surface area contributed by atoms with Gasteiger partial charge in [0.25, 0.3) is 0 Å². The number of aromatic nitrogens is 4. The van der Waals surface area contributed by atoms with Crippen LogP contribution < -0.4 is 0 Å². The van der Waals surface area contributed by atoms with Gasteiger partial charge in [-0.1, -0.05) is 145 Å². The van der Waals surface area contributed by atoms with Crippen molar-refractivity contribution in [1.82, 2.24) is 19.5 Å². The minimum absolute atomic E-state index is 0.0106. The lowest BCUT2D eigenvalue weighted by atomic mass is 10.0. The number of para-hydroxylation sites is 1. The molecule has 5 heteroatoms. The molecule has 0 spiro atoms. The Labute approximate surface area is 306 Å². The van der Waals surface area contributed by atoms with Gasteiger partial charge in [0.05, 0.1) is 24.7 Å². The molecule has 0 aliphatic heterocycles. The van der Waals surface area contributed by atoms with Crippen LogP contribution in [0, 0.1) is 0 Å². The lowest BCUT2D eigenvalue weighted by Crippen LogP contribution is -2.06. The van der Waals surface area contributed by atoms with Gasteiger partial charge in [0.2, 0.25) is 5.95 Å². The van der Waals surface area contributed by atoms with Gasteiger partial charge in [-0.05, 0) is 46.4 Å². The van der Waals surface area contributed by atoms with Crippen molar-refractivity contribution in [2.45, 2.75) is 0 Å². The molecule has 0 atom stereocenters. The summed E-state index contributed by atoms with van der Waals surface area (Å²) in [5.74, 6) is 0.408. The molecule has 234 valence electrons. The van der Waals surface area contributed by atoms with Crippen molar-refractivity contribution in [2.75, 3.05) is 0 Å². The minimum atomic E-state index is -0.529. The Morgan fingerprint density at radius 1 is 0.420 bits per heavy atom. The van der Waals surface area contributed by atoms with Crippen LogP contribution in [0.25, 0.3) is 93.0 Å². The van der Waals surface area contributed by atoms with Crippen LogP contribution in [0.3, 0.4) is 0 Å². The molecule has 4 nitrogen and oxygen atoms in total. The quantitative estimate of drug-likeness (QED) is 0.184. The fourth-order valence-corrected chi connectivity index (χ4v) is 7.27. The molecular formula is C45H28N4S. The van der Waals surface area contributed by atoms with Crippen LogP contribution in [0.5, 0.6) is 0 Å². The van der Waals surface area contributed by atoms with Gasteiger partial charge in [-0.15, -0.1) is 11.3 Å². The smallest absolute Gasteiger partial charge is 0.238 e. The van der Waals surface area contributed by atoms with E-state index in [2.05, 4.69) is 0 Å². The second kappa shape index (κ2) is 11.6. The molecule has 0 bridgehead atoms. The summed E-state index contributed by atoms with van der Waals surface area (Å²) in [5, 5.41) is 0.198. The molecular weight excluding hydrogens is 629 g/mol. The highest BCUT2D eigenvalue weighted by molar-refractivity contribution is 7.25. The van der Waals surface area contributed by atoms with Crippen molar-refractivity contribution in [2.24, 2.45) is 0 Å². The number of hydrogen-bond donors (Lipinski definition) is 0. The molecule has 0 N–H and O–H groups in total. The summed E-state index contributed by atoms with van der Waals surface area (Å²) in [5.41, 5.74) is 5.16. The van der Waals surface area contributed by atoms with Crippen LogP contribution in [0.1, 0.15) is 13.7 Å². The Hall–Kier alpha value is -6.43. The molecule has 0 aliphatic rings. The Morgan fingerprint density at radius 3 is 1.56 bits per heavy atom. The number of thiophene rings is 1. The van der Waals surface area contributed by atoms with Crippen molar-refractivity contribution in [3.05, 3.63) is 170 Å². The number of hydrogen-bond acceptors (Lipinski definition) is 4. The van der Waals surface area contributed by atoms with E-state index in [9.17, 15) is 4.11 Å². The standard InChI is InChI=1S/C45H28N4S/c1-3-11-29(12-4-1)31-19-23-33(24-20-31)43-46-44(34-25-21-32(22-26-34)30-13-5-2-6-14-30)48-45(47-43)49-39-17-9-7-15-35(39)37-28-42-38(27-40(37)49)36-16-8-10-18-41(36)50-42/h1-28H/i7D,8D,9D,10D,15D,16D,17D,18D,27D,28D. The van der Waals surface area contributed by atoms with Gasteiger partial charge in [-0.3, -0.25) is 4.57 Å². The first-order chi connectivity index (χ1) is 28.9. The molecule has 0 fully saturated rings. The molecule has 3 aromatic heterocycles.